The summed E-state index contributed by atoms with van der Waals surface area (Å²) in [5, 5.41) is 5.79. The molecule has 0 unspecified atom stereocenters. The van der Waals surface area contributed by atoms with Crippen LogP contribution < -0.4 is 20.7 Å². The van der Waals surface area contributed by atoms with Crippen molar-refractivity contribution in [2.24, 2.45) is 0 Å². The van der Waals surface area contributed by atoms with Crippen molar-refractivity contribution in [1.82, 2.24) is 19.9 Å². The van der Waals surface area contributed by atoms with Crippen LogP contribution in [0.1, 0.15) is 5.56 Å². The third-order valence-corrected chi connectivity index (χ3v) is 23.7. The molecule has 0 bridgehead atoms. The third kappa shape index (κ3) is 22.5. The molecule has 12 heteroatoms. The molecule has 0 aliphatic rings. The molecule has 12 aromatic rings. The van der Waals surface area contributed by atoms with Gasteiger partial charge in [0.25, 0.3) is 0 Å². The molecule has 0 aliphatic heterocycles. The van der Waals surface area contributed by atoms with E-state index in [0.717, 1.165) is 45.0 Å². The monoisotopic (exact) mass is 1990 g/mol. The summed E-state index contributed by atoms with van der Waals surface area (Å²) in [5.74, 6) is 0. The Labute approximate surface area is 613 Å². The largest absolute Gasteiger partial charge is 0.305 e. The van der Waals surface area contributed by atoms with Crippen molar-refractivity contribution in [1.29, 1.82) is 0 Å². The van der Waals surface area contributed by atoms with Gasteiger partial charge in [-0.25, -0.2) is 0 Å². The summed E-state index contributed by atoms with van der Waals surface area (Å²) in [5.41, 5.74) is 19.0. The van der Waals surface area contributed by atoms with Crippen LogP contribution in [0.3, 0.4) is 0 Å². The Morgan fingerprint density at radius 3 is 0.925 bits per heavy atom. The van der Waals surface area contributed by atoms with E-state index in [0.29, 0.717) is 0 Å². The Kier molecular flexibility index (Phi) is 29.6. The van der Waals surface area contributed by atoms with Gasteiger partial charge in [-0.05, 0) is 74.8 Å². The van der Waals surface area contributed by atoms with Crippen molar-refractivity contribution in [2.45, 2.75) is 85.5 Å². The molecule has 0 atom stereocenters. The van der Waals surface area contributed by atoms with Crippen LogP contribution in [0.4, 0.5) is 0 Å². The van der Waals surface area contributed by atoms with E-state index < -0.39 is 32.3 Å². The van der Waals surface area contributed by atoms with Gasteiger partial charge in [-0.15, -0.1) is 142 Å². The summed E-state index contributed by atoms with van der Waals surface area (Å²) in [4.78, 5) is 18.1. The summed E-state index contributed by atoms with van der Waals surface area (Å²) in [6, 6.07) is 95.9. The van der Waals surface area contributed by atoms with Crippen molar-refractivity contribution in [3.63, 3.8) is 0 Å². The zero-order chi connectivity index (χ0) is 63.2. The summed E-state index contributed by atoms with van der Waals surface area (Å²) >= 11 is 0. The van der Waals surface area contributed by atoms with Crippen LogP contribution in [0.5, 0.6) is 0 Å². The number of rotatable bonds is 12. The van der Waals surface area contributed by atoms with Crippen LogP contribution >= 0.6 is 0 Å². The summed E-state index contributed by atoms with van der Waals surface area (Å²) in [7, 11) is -5.10. The normalized spacial score (nSPS) is 10.9. The van der Waals surface area contributed by atoms with Gasteiger partial charge in [0, 0.05) is 105 Å². The Morgan fingerprint density at radius 2 is 0.581 bits per heavy atom. The minimum absolute atomic E-state index is 0. The van der Waals surface area contributed by atoms with Gasteiger partial charge in [-0.2, -0.15) is 0 Å². The molecular formula is C81H82Ir4N4Si4-4. The van der Waals surface area contributed by atoms with Gasteiger partial charge < -0.3 is 19.9 Å². The minimum Gasteiger partial charge on any atom is -0.305 e. The van der Waals surface area contributed by atoms with Crippen molar-refractivity contribution in [3.05, 3.63) is 291 Å². The number of nitrogens with zero attached hydrogens (tertiary/aromatic N) is 4. The number of hydrogen-bond acceptors (Lipinski definition) is 4. The molecule has 0 amide bonds. The number of aromatic nitrogens is 4. The zero-order valence-electron chi connectivity index (χ0n) is 55.4. The van der Waals surface area contributed by atoms with E-state index in [1.165, 1.54) is 70.8 Å². The second-order valence-corrected chi connectivity index (χ2v) is 47.0. The SMILES string of the molecule is C[Si](C)(C)c1ccc(-c2[c-]ccc(-c3ccccc3)c2)nc1.C[Si](C)(C)c1ccc(-c2cc[c-]c(-c3ccccn3)c2)cc1.C[Si](C)(C)c1ccnc(-c2[c-]ccc(-c3ccccc3)c2)c1.Cc1ccc(-c2[c-]ccc(-c3ccc([Si](C)(C)C)cc3)c2)nc1.[Ir].[Ir].[Ir].[Ir]. The summed E-state index contributed by atoms with van der Waals surface area (Å²) in [6.07, 6.45) is 7.67. The van der Waals surface area contributed by atoms with Gasteiger partial charge in [0.05, 0.1) is 32.3 Å². The molecular weight excluding hydrogens is 1910 g/mol. The van der Waals surface area contributed by atoms with Crippen LogP contribution in [0.25, 0.3) is 89.5 Å². The van der Waals surface area contributed by atoms with E-state index >= 15 is 0 Å². The second-order valence-electron chi connectivity index (χ2n) is 26.6. The first-order chi connectivity index (χ1) is 42.5. The Bertz CT molecular complexity index is 4070. The maximum absolute atomic E-state index is 4.65. The van der Waals surface area contributed by atoms with Crippen molar-refractivity contribution in [3.8, 4) is 89.5 Å². The predicted octanol–water partition coefficient (Wildman–Crippen LogP) is 19.3. The number of pyridine rings is 4. The molecule has 0 saturated carbocycles. The van der Waals surface area contributed by atoms with Gasteiger partial charge >= 0.3 is 0 Å². The molecule has 93 heavy (non-hydrogen) atoms. The first-order valence-corrected chi connectivity index (χ1v) is 44.7. The van der Waals surface area contributed by atoms with E-state index in [1.807, 2.05) is 79.4 Å². The fourth-order valence-corrected chi connectivity index (χ4v) is 14.5. The van der Waals surface area contributed by atoms with Crippen LogP contribution in [-0.4, -0.2) is 52.2 Å². The van der Waals surface area contributed by atoms with Gasteiger partial charge in [0.1, 0.15) is 0 Å². The zero-order valence-corrected chi connectivity index (χ0v) is 69.0. The Morgan fingerprint density at radius 1 is 0.247 bits per heavy atom. The predicted molar refractivity (Wildman–Crippen MR) is 392 cm³/mol. The van der Waals surface area contributed by atoms with E-state index in [-0.39, 0.29) is 80.4 Å². The number of aryl methyl sites for hydroxylation is 1. The maximum atomic E-state index is 4.65. The Balaban J connectivity index is 0.000000222. The van der Waals surface area contributed by atoms with E-state index in [9.17, 15) is 0 Å². The molecule has 0 spiro atoms. The molecule has 0 aliphatic carbocycles. The molecule has 482 valence electrons. The van der Waals surface area contributed by atoms with Gasteiger partial charge in [0.15, 0.2) is 0 Å². The fourth-order valence-electron chi connectivity index (χ4n) is 9.95. The van der Waals surface area contributed by atoms with Gasteiger partial charge in [0.2, 0.25) is 0 Å². The first kappa shape index (κ1) is 77.5. The molecule has 0 fully saturated rings. The van der Waals surface area contributed by atoms with Crippen molar-refractivity contribution in [2.75, 3.05) is 0 Å². The van der Waals surface area contributed by atoms with E-state index in [4.69, 9.17) is 0 Å². The second kappa shape index (κ2) is 35.5. The van der Waals surface area contributed by atoms with E-state index in [2.05, 4.69) is 312 Å². The maximum Gasteiger partial charge on any atom is 0.0795 e. The molecule has 0 N–H and O–H groups in total. The average Bonchev–Trinajstić information content (AvgIpc) is 0.962. The topological polar surface area (TPSA) is 51.6 Å². The average molecular weight is 1990 g/mol. The van der Waals surface area contributed by atoms with Crippen molar-refractivity contribution >= 4 is 53.0 Å². The quantitative estimate of drug-likeness (QED) is 0.0903. The summed E-state index contributed by atoms with van der Waals surface area (Å²) in [6.45, 7) is 30.4. The van der Waals surface area contributed by atoms with Gasteiger partial charge in [-0.1, -0.05) is 246 Å². The van der Waals surface area contributed by atoms with E-state index in [1.54, 1.807) is 0 Å². The standard InChI is InChI=1S/C21H22NSi.3C20H20NSi.4Ir/c1-16-8-13-21(22-15-16)19-7-5-6-18(14-19)17-9-11-20(12-10-17)23(2,3)4;1-22(2,3)19-12-10-16(11-13-19)17-7-6-8-18(15-17)20-9-4-5-14-21-20;1-22(2,3)19-12-13-21-20(15-19)18-11-7-10-17(14-18)16-8-5-4-6-9-16;1-22(2,3)19-12-13-20(21-15-19)18-11-7-10-17(14-18)16-8-5-4-6-9-16;;;;/h5-6,8-15H,1-4H3;4-7,9-15H,1-3H3;2*4-10,12-15H,1-3H3;;;;/q4*-1;;;;. The van der Waals surface area contributed by atoms with Crippen LogP contribution in [0.2, 0.25) is 78.6 Å². The number of benzene rings is 8. The smallest absolute Gasteiger partial charge is 0.0795 e. The molecule has 4 aromatic heterocycles. The third-order valence-electron chi connectivity index (χ3n) is 15.5. The van der Waals surface area contributed by atoms with Gasteiger partial charge in [-0.3, -0.25) is 0 Å². The fraction of sp³-hybridized carbons (Fsp3) is 0.160. The molecule has 4 heterocycles. The molecule has 0 saturated heterocycles. The first-order valence-electron chi connectivity index (χ1n) is 30.7. The van der Waals surface area contributed by atoms with Crippen LogP contribution in [0.15, 0.2) is 261 Å². The molecule has 4 radical (unpaired) electrons. The molecule has 8 aromatic carbocycles. The summed E-state index contributed by atoms with van der Waals surface area (Å²) < 4.78 is 0. The Hall–Kier alpha value is -6.18. The van der Waals surface area contributed by atoms with Crippen LogP contribution in [0, 0.1) is 31.2 Å². The van der Waals surface area contributed by atoms with Crippen LogP contribution in [-0.2, 0) is 80.4 Å². The molecule has 12 rings (SSSR count). The van der Waals surface area contributed by atoms with Crippen molar-refractivity contribution < 1.29 is 80.4 Å². The minimum atomic E-state index is -1.33. The molecule has 4 nitrogen and oxygen atoms in total. The number of hydrogen-bond donors (Lipinski definition) is 0.